The molecule has 0 spiro atoms. The first kappa shape index (κ1) is 18.9. The van der Waals surface area contributed by atoms with E-state index in [1.807, 2.05) is 28.9 Å². The molecule has 0 bridgehead atoms. The van der Waals surface area contributed by atoms with Gasteiger partial charge in [0.2, 0.25) is 0 Å². The predicted molar refractivity (Wildman–Crippen MR) is 88.1 cm³/mol. The highest BCUT2D eigenvalue weighted by Crippen LogP contribution is 2.48. The molecule has 3 unspecified atom stereocenters. The largest absolute Gasteiger partial charge is 0.473 e. The molecule has 0 amide bonds. The molecule has 134 valence electrons. The average Bonchev–Trinajstić information content (AvgIpc) is 3.08. The summed E-state index contributed by atoms with van der Waals surface area (Å²) in [4.78, 5) is 22.2. The van der Waals surface area contributed by atoms with Gasteiger partial charge in [0.1, 0.15) is 18.3 Å². The fourth-order valence-electron chi connectivity index (χ4n) is 2.74. The molecule has 8 nitrogen and oxygen atoms in total. The normalized spacial score (nSPS) is 24.6. The molecule has 0 aliphatic carbocycles. The van der Waals surface area contributed by atoms with Gasteiger partial charge in [-0.3, -0.25) is 0 Å². The molecular weight excluding hydrogens is 350 g/mol. The van der Waals surface area contributed by atoms with Crippen LogP contribution >= 0.6 is 11.6 Å². The maximum Gasteiger partial charge on any atom is 0.414 e. The minimum Gasteiger partial charge on any atom is -0.473 e. The predicted octanol–water partition coefficient (Wildman–Crippen LogP) is 2.04. The Kier molecular flexibility index (Phi) is 5.76. The van der Waals surface area contributed by atoms with Crippen molar-refractivity contribution in [2.75, 3.05) is 0 Å². The van der Waals surface area contributed by atoms with Crippen molar-refractivity contribution >= 4 is 23.5 Å². The second-order valence-corrected chi connectivity index (χ2v) is 6.15. The van der Waals surface area contributed by atoms with Crippen LogP contribution in [0.2, 0.25) is 5.02 Å². The van der Waals surface area contributed by atoms with Crippen molar-refractivity contribution in [3.8, 4) is 0 Å². The van der Waals surface area contributed by atoms with Crippen molar-refractivity contribution in [2.24, 2.45) is 5.92 Å². The van der Waals surface area contributed by atoms with E-state index in [-0.39, 0.29) is 11.7 Å². The van der Waals surface area contributed by atoms with Crippen LogP contribution in [0.1, 0.15) is 19.4 Å². The number of halogens is 1. The van der Waals surface area contributed by atoms with Crippen LogP contribution in [0.25, 0.3) is 0 Å². The van der Waals surface area contributed by atoms with E-state index in [0.717, 1.165) is 10.6 Å². The zero-order chi connectivity index (χ0) is 18.6. The molecular formula is C16H18ClN3O5. The van der Waals surface area contributed by atoms with Gasteiger partial charge >= 0.3 is 11.9 Å². The maximum absolute atomic E-state index is 9.10. The minimum absolute atomic E-state index is 0.249. The van der Waals surface area contributed by atoms with Crippen LogP contribution in [0.4, 0.5) is 0 Å². The summed E-state index contributed by atoms with van der Waals surface area (Å²) in [5.41, 5.74) is 0.801. The smallest absolute Gasteiger partial charge is 0.414 e. The number of hydrogen-bond acceptors (Lipinski definition) is 5. The van der Waals surface area contributed by atoms with Gasteiger partial charge in [0.15, 0.2) is 0 Å². The molecule has 1 aliphatic heterocycles. The monoisotopic (exact) mass is 367 g/mol. The van der Waals surface area contributed by atoms with Crippen LogP contribution in [-0.4, -0.2) is 43.0 Å². The summed E-state index contributed by atoms with van der Waals surface area (Å²) >= 11 is 5.96. The summed E-state index contributed by atoms with van der Waals surface area (Å²) in [7, 11) is 0. The molecule has 1 aromatic heterocycles. The standard InChI is InChI=1S/C14H16ClN3O.C2H2O4/c1-10-11(2)19-14(10,7-18-9-16-8-17-18)12-3-5-13(15)6-4-12;3-1(4)2(5)6/h3-6,8-11H,7H2,1-2H3;(H,3,4)(H,5,6). The Hall–Kier alpha value is -2.45. The van der Waals surface area contributed by atoms with Crippen molar-refractivity contribution in [3.05, 3.63) is 47.5 Å². The lowest BCUT2D eigenvalue weighted by Gasteiger charge is -2.53. The zero-order valence-corrected chi connectivity index (χ0v) is 14.4. The molecule has 1 aromatic carbocycles. The Bertz CT molecular complexity index is 723. The number of aliphatic carboxylic acids is 2. The Morgan fingerprint density at radius 1 is 1.24 bits per heavy atom. The van der Waals surface area contributed by atoms with Crippen LogP contribution < -0.4 is 0 Å². The number of nitrogens with zero attached hydrogens (tertiary/aromatic N) is 3. The average molecular weight is 368 g/mol. The molecule has 0 radical (unpaired) electrons. The summed E-state index contributed by atoms with van der Waals surface area (Å²) in [5.74, 6) is -3.23. The van der Waals surface area contributed by atoms with Crippen molar-refractivity contribution in [1.82, 2.24) is 14.8 Å². The Labute approximate surface area is 149 Å². The lowest BCUT2D eigenvalue weighted by Crippen LogP contribution is -2.57. The van der Waals surface area contributed by atoms with Gasteiger partial charge in [-0.2, -0.15) is 5.10 Å². The van der Waals surface area contributed by atoms with Crippen LogP contribution in [0, 0.1) is 5.92 Å². The van der Waals surface area contributed by atoms with Gasteiger partial charge in [-0.25, -0.2) is 19.3 Å². The molecule has 1 aliphatic rings. The van der Waals surface area contributed by atoms with Gasteiger partial charge in [0, 0.05) is 10.9 Å². The van der Waals surface area contributed by atoms with Gasteiger partial charge in [0.05, 0.1) is 12.6 Å². The van der Waals surface area contributed by atoms with E-state index in [2.05, 4.69) is 23.9 Å². The van der Waals surface area contributed by atoms with E-state index in [1.165, 1.54) is 0 Å². The highest BCUT2D eigenvalue weighted by Gasteiger charge is 2.52. The summed E-state index contributed by atoms with van der Waals surface area (Å²) in [6.45, 7) is 4.97. The molecule has 3 rings (SSSR count). The SMILES string of the molecule is CC1OC(Cn2cncn2)(c2ccc(Cl)cc2)C1C.O=C(O)C(=O)O. The molecule has 1 saturated heterocycles. The van der Waals surface area contributed by atoms with Gasteiger partial charge in [-0.05, 0) is 24.6 Å². The summed E-state index contributed by atoms with van der Waals surface area (Å²) < 4.78 is 7.92. The minimum atomic E-state index is -1.82. The van der Waals surface area contributed by atoms with Gasteiger partial charge < -0.3 is 14.9 Å². The van der Waals surface area contributed by atoms with E-state index in [9.17, 15) is 0 Å². The lowest BCUT2D eigenvalue weighted by molar-refractivity contribution is -0.263. The van der Waals surface area contributed by atoms with E-state index in [0.29, 0.717) is 12.5 Å². The summed E-state index contributed by atoms with van der Waals surface area (Å²) in [6, 6.07) is 7.86. The highest BCUT2D eigenvalue weighted by molar-refractivity contribution is 6.30. The third kappa shape index (κ3) is 4.15. The Balaban J connectivity index is 0.000000326. The molecule has 2 N–H and O–H groups in total. The summed E-state index contributed by atoms with van der Waals surface area (Å²) in [5, 5.41) is 19.7. The number of carbonyl (C=O) groups is 2. The highest BCUT2D eigenvalue weighted by atomic mass is 35.5. The molecule has 25 heavy (non-hydrogen) atoms. The topological polar surface area (TPSA) is 115 Å². The second-order valence-electron chi connectivity index (χ2n) is 5.71. The first-order valence-corrected chi connectivity index (χ1v) is 7.86. The Morgan fingerprint density at radius 2 is 1.84 bits per heavy atom. The molecule has 1 fully saturated rings. The van der Waals surface area contributed by atoms with E-state index in [1.54, 1.807) is 12.7 Å². The van der Waals surface area contributed by atoms with E-state index in [4.69, 9.17) is 36.1 Å². The first-order valence-electron chi connectivity index (χ1n) is 7.48. The van der Waals surface area contributed by atoms with E-state index >= 15 is 0 Å². The number of benzene rings is 1. The number of rotatable bonds is 3. The molecule has 0 saturated carbocycles. The number of aromatic nitrogens is 3. The fourth-order valence-corrected chi connectivity index (χ4v) is 2.86. The number of hydrogen-bond donors (Lipinski definition) is 2. The number of carboxylic acid groups (broad SMARTS) is 2. The van der Waals surface area contributed by atoms with Crippen molar-refractivity contribution in [3.63, 3.8) is 0 Å². The van der Waals surface area contributed by atoms with Crippen LogP contribution in [0.5, 0.6) is 0 Å². The van der Waals surface area contributed by atoms with Crippen molar-refractivity contribution in [2.45, 2.75) is 32.1 Å². The van der Waals surface area contributed by atoms with Gasteiger partial charge in [-0.1, -0.05) is 30.7 Å². The van der Waals surface area contributed by atoms with Crippen LogP contribution in [0.3, 0.4) is 0 Å². The van der Waals surface area contributed by atoms with Crippen molar-refractivity contribution in [1.29, 1.82) is 0 Å². The van der Waals surface area contributed by atoms with Gasteiger partial charge in [-0.15, -0.1) is 0 Å². The zero-order valence-electron chi connectivity index (χ0n) is 13.7. The lowest BCUT2D eigenvalue weighted by atomic mass is 9.74. The van der Waals surface area contributed by atoms with Crippen LogP contribution in [-0.2, 0) is 26.5 Å². The quantitative estimate of drug-likeness (QED) is 0.797. The molecule has 2 aromatic rings. The van der Waals surface area contributed by atoms with Crippen molar-refractivity contribution < 1.29 is 24.5 Å². The summed E-state index contributed by atoms with van der Waals surface area (Å²) in [6.07, 6.45) is 3.51. The molecule has 3 atom stereocenters. The third-order valence-corrected chi connectivity index (χ3v) is 4.47. The van der Waals surface area contributed by atoms with Crippen LogP contribution in [0.15, 0.2) is 36.9 Å². The first-order chi connectivity index (χ1) is 11.8. The van der Waals surface area contributed by atoms with E-state index < -0.39 is 11.9 Å². The Morgan fingerprint density at radius 3 is 2.24 bits per heavy atom. The maximum atomic E-state index is 9.10. The molecule has 2 heterocycles. The second kappa shape index (κ2) is 7.62. The third-order valence-electron chi connectivity index (χ3n) is 4.22. The number of ether oxygens (including phenoxy) is 1. The molecule has 9 heteroatoms. The number of carboxylic acids is 2. The fraction of sp³-hybridized carbons (Fsp3) is 0.375. The van der Waals surface area contributed by atoms with Gasteiger partial charge in [0.25, 0.3) is 0 Å².